The second kappa shape index (κ2) is 4.11. The smallest absolute Gasteiger partial charge is 0.230 e. The molecule has 0 spiro atoms. The van der Waals surface area contributed by atoms with E-state index in [1.54, 1.807) is 19.1 Å². The fraction of sp³-hybridized carbons (Fsp3) is 0.250. The predicted molar refractivity (Wildman–Crippen MR) is 63.3 cm³/mol. The number of nitrogens with zero attached hydrogens (tertiary/aromatic N) is 1. The quantitative estimate of drug-likeness (QED) is 0.753. The lowest BCUT2D eigenvalue weighted by Crippen LogP contribution is -2.18. The molecular weight excluding hydrogens is 234 g/mol. The molecule has 0 saturated carbocycles. The van der Waals surface area contributed by atoms with Crippen LogP contribution in [-0.4, -0.2) is 24.6 Å². The standard InChI is InChI=1S/C8H11N3O2S2/c1-5-3-4-6(7(9)14)8(10-5)11-15(2,12)13/h3-4H,1-2H3,(H2,9,14)(H,10,11). The monoisotopic (exact) mass is 245 g/mol. The minimum atomic E-state index is -3.38. The van der Waals surface area contributed by atoms with Gasteiger partial charge < -0.3 is 5.73 Å². The Morgan fingerprint density at radius 2 is 2.13 bits per heavy atom. The van der Waals surface area contributed by atoms with Crippen molar-refractivity contribution in [2.24, 2.45) is 5.73 Å². The van der Waals surface area contributed by atoms with Crippen LogP contribution in [0.3, 0.4) is 0 Å². The Morgan fingerprint density at radius 3 is 2.60 bits per heavy atom. The fourth-order valence-corrected chi connectivity index (χ4v) is 1.68. The largest absolute Gasteiger partial charge is 0.389 e. The highest BCUT2D eigenvalue weighted by Gasteiger charge is 2.10. The van der Waals surface area contributed by atoms with Crippen LogP contribution in [0.5, 0.6) is 0 Å². The van der Waals surface area contributed by atoms with Crippen molar-refractivity contribution in [2.75, 3.05) is 11.0 Å². The molecule has 1 rings (SSSR count). The van der Waals surface area contributed by atoms with Gasteiger partial charge in [-0.05, 0) is 19.1 Å². The van der Waals surface area contributed by atoms with Crippen LogP contribution in [0.2, 0.25) is 0 Å². The molecule has 0 bridgehead atoms. The van der Waals surface area contributed by atoms with E-state index in [2.05, 4.69) is 9.71 Å². The zero-order chi connectivity index (χ0) is 11.6. The summed E-state index contributed by atoms with van der Waals surface area (Å²) in [6.07, 6.45) is 1.04. The van der Waals surface area contributed by atoms with Crippen molar-refractivity contribution in [1.29, 1.82) is 0 Å². The molecule has 0 aliphatic rings. The number of sulfonamides is 1. The molecule has 15 heavy (non-hydrogen) atoms. The summed E-state index contributed by atoms with van der Waals surface area (Å²) in [5, 5.41) is 0. The Kier molecular flexibility index (Phi) is 3.25. The third-order valence-electron chi connectivity index (χ3n) is 1.58. The van der Waals surface area contributed by atoms with E-state index in [1.807, 2.05) is 0 Å². The minimum absolute atomic E-state index is 0.105. The number of nitrogens with two attached hydrogens (primary N) is 1. The lowest BCUT2D eigenvalue weighted by atomic mass is 10.2. The van der Waals surface area contributed by atoms with Gasteiger partial charge in [-0.1, -0.05) is 12.2 Å². The molecule has 0 aliphatic heterocycles. The van der Waals surface area contributed by atoms with Gasteiger partial charge in [-0.2, -0.15) is 0 Å². The molecule has 0 amide bonds. The summed E-state index contributed by atoms with van der Waals surface area (Å²) in [5.74, 6) is 0.171. The number of nitrogens with one attached hydrogen (secondary N) is 1. The van der Waals surface area contributed by atoms with Crippen molar-refractivity contribution in [3.8, 4) is 0 Å². The van der Waals surface area contributed by atoms with E-state index < -0.39 is 10.0 Å². The number of anilines is 1. The summed E-state index contributed by atoms with van der Waals surface area (Å²) < 4.78 is 24.4. The van der Waals surface area contributed by atoms with Crippen molar-refractivity contribution >= 4 is 33.0 Å². The molecule has 3 N–H and O–H groups in total. The Balaban J connectivity index is 3.25. The SMILES string of the molecule is Cc1ccc(C(N)=S)c(NS(C)(=O)=O)n1. The van der Waals surface area contributed by atoms with E-state index in [0.717, 1.165) is 6.26 Å². The lowest BCUT2D eigenvalue weighted by Gasteiger charge is -2.08. The maximum absolute atomic E-state index is 11.1. The first-order chi connectivity index (χ1) is 6.79. The summed E-state index contributed by atoms with van der Waals surface area (Å²) in [5.41, 5.74) is 6.54. The Bertz CT molecular complexity index is 497. The number of hydrogen-bond acceptors (Lipinski definition) is 4. The summed E-state index contributed by atoms with van der Waals surface area (Å²) in [6, 6.07) is 3.35. The first-order valence-corrected chi connectivity index (χ1v) is 6.35. The van der Waals surface area contributed by atoms with Crippen molar-refractivity contribution in [1.82, 2.24) is 4.98 Å². The molecular formula is C8H11N3O2S2. The van der Waals surface area contributed by atoms with E-state index in [0.29, 0.717) is 11.3 Å². The van der Waals surface area contributed by atoms with Gasteiger partial charge in [-0.3, -0.25) is 4.72 Å². The zero-order valence-electron chi connectivity index (χ0n) is 8.31. The number of thiocarbonyl (C=S) groups is 1. The molecule has 7 heteroatoms. The fourth-order valence-electron chi connectivity index (χ4n) is 1.01. The van der Waals surface area contributed by atoms with E-state index in [9.17, 15) is 8.42 Å². The van der Waals surface area contributed by atoms with Crippen LogP contribution in [-0.2, 0) is 10.0 Å². The Labute approximate surface area is 93.8 Å². The van der Waals surface area contributed by atoms with Gasteiger partial charge in [0.1, 0.15) is 10.8 Å². The third kappa shape index (κ3) is 3.45. The highest BCUT2D eigenvalue weighted by molar-refractivity contribution is 7.92. The van der Waals surface area contributed by atoms with Crippen LogP contribution in [0, 0.1) is 6.92 Å². The lowest BCUT2D eigenvalue weighted by molar-refractivity contribution is 0.606. The highest BCUT2D eigenvalue weighted by Crippen LogP contribution is 2.14. The van der Waals surface area contributed by atoms with Gasteiger partial charge in [0.15, 0.2) is 0 Å². The molecule has 82 valence electrons. The van der Waals surface area contributed by atoms with Crippen molar-refractivity contribution in [2.45, 2.75) is 6.92 Å². The van der Waals surface area contributed by atoms with E-state index >= 15 is 0 Å². The van der Waals surface area contributed by atoms with Crippen LogP contribution >= 0.6 is 12.2 Å². The van der Waals surface area contributed by atoms with Gasteiger partial charge in [-0.15, -0.1) is 0 Å². The summed E-state index contributed by atoms with van der Waals surface area (Å²) >= 11 is 4.78. The maximum atomic E-state index is 11.1. The van der Waals surface area contributed by atoms with Gasteiger partial charge in [0, 0.05) is 5.69 Å². The molecule has 0 fully saturated rings. The zero-order valence-corrected chi connectivity index (χ0v) is 9.95. The average molecular weight is 245 g/mol. The molecule has 1 aromatic heterocycles. The Hall–Kier alpha value is -1.21. The maximum Gasteiger partial charge on any atom is 0.230 e. The van der Waals surface area contributed by atoms with Gasteiger partial charge >= 0.3 is 0 Å². The molecule has 1 aromatic rings. The van der Waals surface area contributed by atoms with Crippen molar-refractivity contribution in [3.05, 3.63) is 23.4 Å². The molecule has 0 atom stereocenters. The normalized spacial score (nSPS) is 11.1. The molecule has 1 heterocycles. The highest BCUT2D eigenvalue weighted by atomic mass is 32.2. The number of rotatable bonds is 3. The van der Waals surface area contributed by atoms with E-state index in [4.69, 9.17) is 18.0 Å². The molecule has 0 aromatic carbocycles. The van der Waals surface area contributed by atoms with E-state index in [-0.39, 0.29) is 10.8 Å². The molecule has 5 nitrogen and oxygen atoms in total. The second-order valence-corrected chi connectivity index (χ2v) is 5.28. The second-order valence-electron chi connectivity index (χ2n) is 3.09. The van der Waals surface area contributed by atoms with Crippen LogP contribution in [0.1, 0.15) is 11.3 Å². The first kappa shape index (κ1) is 11.9. The first-order valence-electron chi connectivity index (χ1n) is 4.05. The van der Waals surface area contributed by atoms with Gasteiger partial charge in [0.25, 0.3) is 0 Å². The number of hydrogen-bond donors (Lipinski definition) is 2. The van der Waals surface area contributed by atoms with Gasteiger partial charge in [0.2, 0.25) is 10.0 Å². The van der Waals surface area contributed by atoms with Crippen molar-refractivity contribution in [3.63, 3.8) is 0 Å². The number of pyridine rings is 1. The number of aromatic nitrogens is 1. The minimum Gasteiger partial charge on any atom is -0.389 e. The van der Waals surface area contributed by atoms with Crippen LogP contribution in [0.4, 0.5) is 5.82 Å². The summed E-state index contributed by atoms with van der Waals surface area (Å²) in [7, 11) is -3.38. The Morgan fingerprint density at radius 1 is 1.53 bits per heavy atom. The summed E-state index contributed by atoms with van der Waals surface area (Å²) in [6.45, 7) is 1.75. The topological polar surface area (TPSA) is 85.1 Å². The van der Waals surface area contributed by atoms with Crippen molar-refractivity contribution < 1.29 is 8.42 Å². The van der Waals surface area contributed by atoms with Crippen LogP contribution in [0.15, 0.2) is 12.1 Å². The van der Waals surface area contributed by atoms with Crippen LogP contribution < -0.4 is 10.5 Å². The van der Waals surface area contributed by atoms with Crippen LogP contribution in [0.25, 0.3) is 0 Å². The summed E-state index contributed by atoms with van der Waals surface area (Å²) in [4.78, 5) is 4.13. The molecule has 0 unspecified atom stereocenters. The number of aryl methyl sites for hydroxylation is 1. The van der Waals surface area contributed by atoms with Gasteiger partial charge in [-0.25, -0.2) is 13.4 Å². The third-order valence-corrected chi connectivity index (χ3v) is 2.37. The predicted octanol–water partition coefficient (Wildman–Crippen LogP) is 0.396. The van der Waals surface area contributed by atoms with E-state index in [1.165, 1.54) is 0 Å². The van der Waals surface area contributed by atoms with Gasteiger partial charge in [0.05, 0.1) is 11.8 Å². The average Bonchev–Trinajstić information content (AvgIpc) is 1.99. The molecule has 0 saturated heterocycles. The molecule has 0 radical (unpaired) electrons. The molecule has 0 aliphatic carbocycles.